The standard InChI is InChI=1S/C19H26N4O/c1-15(23-10-11-24-14-16(23)2)13-21-18-8-9-20-19(22-18)12-17-6-4-3-5-7-17/h3-9,15-16H,10-14H2,1-2H3,(H,20,21,22). The third kappa shape index (κ3) is 4.52. The molecule has 5 nitrogen and oxygen atoms in total. The minimum Gasteiger partial charge on any atom is -0.379 e. The van der Waals surface area contributed by atoms with Gasteiger partial charge < -0.3 is 10.1 Å². The molecule has 2 unspecified atom stereocenters. The largest absolute Gasteiger partial charge is 0.379 e. The number of morpholine rings is 1. The number of nitrogens with zero attached hydrogens (tertiary/aromatic N) is 3. The van der Waals surface area contributed by atoms with Gasteiger partial charge in [-0.1, -0.05) is 30.3 Å². The average molecular weight is 326 g/mol. The zero-order valence-electron chi connectivity index (χ0n) is 14.5. The molecule has 1 aromatic carbocycles. The first-order chi connectivity index (χ1) is 11.7. The molecule has 128 valence electrons. The summed E-state index contributed by atoms with van der Waals surface area (Å²) in [5.74, 6) is 1.74. The molecule has 1 N–H and O–H groups in total. The summed E-state index contributed by atoms with van der Waals surface area (Å²) in [6.07, 6.45) is 2.59. The number of anilines is 1. The third-order valence-electron chi connectivity index (χ3n) is 4.47. The highest BCUT2D eigenvalue weighted by Gasteiger charge is 2.23. The van der Waals surface area contributed by atoms with Gasteiger partial charge in [0, 0.05) is 37.8 Å². The molecule has 1 aliphatic heterocycles. The molecular weight excluding hydrogens is 300 g/mol. The molecule has 0 bridgehead atoms. The first kappa shape index (κ1) is 16.9. The molecule has 1 aromatic heterocycles. The molecule has 1 aliphatic rings. The first-order valence-corrected chi connectivity index (χ1v) is 8.65. The van der Waals surface area contributed by atoms with Gasteiger partial charge in [0.1, 0.15) is 11.6 Å². The van der Waals surface area contributed by atoms with Gasteiger partial charge >= 0.3 is 0 Å². The Hall–Kier alpha value is -1.98. The van der Waals surface area contributed by atoms with Gasteiger partial charge in [-0.15, -0.1) is 0 Å². The predicted octanol–water partition coefficient (Wildman–Crippen LogP) is 2.59. The fraction of sp³-hybridized carbons (Fsp3) is 0.474. The van der Waals surface area contributed by atoms with Crippen molar-refractivity contribution in [1.29, 1.82) is 0 Å². The van der Waals surface area contributed by atoms with E-state index in [1.165, 1.54) is 5.56 Å². The number of ether oxygens (including phenoxy) is 1. The Labute approximate surface area is 144 Å². The minimum atomic E-state index is 0.441. The van der Waals surface area contributed by atoms with Crippen LogP contribution in [0.25, 0.3) is 0 Å². The van der Waals surface area contributed by atoms with E-state index < -0.39 is 0 Å². The summed E-state index contributed by atoms with van der Waals surface area (Å²) < 4.78 is 5.51. The normalized spacial score (nSPS) is 19.8. The second kappa shape index (κ2) is 8.22. The molecule has 1 fully saturated rings. The number of hydrogen-bond acceptors (Lipinski definition) is 5. The van der Waals surface area contributed by atoms with E-state index in [1.54, 1.807) is 0 Å². The van der Waals surface area contributed by atoms with E-state index in [0.717, 1.165) is 44.4 Å². The molecule has 5 heteroatoms. The summed E-state index contributed by atoms with van der Waals surface area (Å²) >= 11 is 0. The van der Waals surface area contributed by atoms with Crippen molar-refractivity contribution < 1.29 is 4.74 Å². The topological polar surface area (TPSA) is 50.3 Å². The smallest absolute Gasteiger partial charge is 0.135 e. The lowest BCUT2D eigenvalue weighted by Crippen LogP contribution is -2.50. The van der Waals surface area contributed by atoms with Crippen molar-refractivity contribution in [3.8, 4) is 0 Å². The summed E-state index contributed by atoms with van der Waals surface area (Å²) in [4.78, 5) is 11.5. The van der Waals surface area contributed by atoms with Gasteiger partial charge in [-0.25, -0.2) is 9.97 Å². The van der Waals surface area contributed by atoms with E-state index in [4.69, 9.17) is 4.74 Å². The van der Waals surface area contributed by atoms with Crippen molar-refractivity contribution in [3.63, 3.8) is 0 Å². The molecule has 24 heavy (non-hydrogen) atoms. The van der Waals surface area contributed by atoms with E-state index in [0.29, 0.717) is 12.1 Å². The summed E-state index contributed by atoms with van der Waals surface area (Å²) in [5.41, 5.74) is 1.23. The minimum absolute atomic E-state index is 0.441. The van der Waals surface area contributed by atoms with Gasteiger partial charge in [-0.2, -0.15) is 0 Å². The average Bonchev–Trinajstić information content (AvgIpc) is 2.61. The van der Waals surface area contributed by atoms with Crippen LogP contribution in [0.3, 0.4) is 0 Å². The fourth-order valence-corrected chi connectivity index (χ4v) is 3.13. The number of benzene rings is 1. The molecule has 3 rings (SSSR count). The van der Waals surface area contributed by atoms with Crippen molar-refractivity contribution in [1.82, 2.24) is 14.9 Å². The van der Waals surface area contributed by atoms with E-state index in [2.05, 4.69) is 46.2 Å². The van der Waals surface area contributed by atoms with Crippen molar-refractivity contribution in [2.24, 2.45) is 0 Å². The number of nitrogens with one attached hydrogen (secondary N) is 1. The maximum absolute atomic E-state index is 5.51. The lowest BCUT2D eigenvalue weighted by molar-refractivity contribution is -0.0159. The lowest BCUT2D eigenvalue weighted by Gasteiger charge is -2.37. The Morgan fingerprint density at radius 1 is 1.29 bits per heavy atom. The zero-order chi connectivity index (χ0) is 16.8. The van der Waals surface area contributed by atoms with Gasteiger partial charge in [-0.05, 0) is 25.5 Å². The van der Waals surface area contributed by atoms with E-state index >= 15 is 0 Å². The monoisotopic (exact) mass is 326 g/mol. The Bertz CT molecular complexity index is 634. The number of aromatic nitrogens is 2. The fourth-order valence-electron chi connectivity index (χ4n) is 3.13. The van der Waals surface area contributed by atoms with Gasteiger partial charge in [0.05, 0.1) is 13.2 Å². The Morgan fingerprint density at radius 3 is 2.92 bits per heavy atom. The van der Waals surface area contributed by atoms with Crippen LogP contribution in [0.15, 0.2) is 42.6 Å². The molecule has 0 spiro atoms. The first-order valence-electron chi connectivity index (χ1n) is 8.65. The van der Waals surface area contributed by atoms with Gasteiger partial charge in [0.25, 0.3) is 0 Å². The van der Waals surface area contributed by atoms with Crippen molar-refractivity contribution >= 4 is 5.82 Å². The molecule has 2 atom stereocenters. The van der Waals surface area contributed by atoms with Crippen LogP contribution in [-0.2, 0) is 11.2 Å². The highest BCUT2D eigenvalue weighted by molar-refractivity contribution is 5.34. The van der Waals surface area contributed by atoms with Gasteiger partial charge in [0.15, 0.2) is 0 Å². The van der Waals surface area contributed by atoms with Crippen LogP contribution in [0.5, 0.6) is 0 Å². The Kier molecular flexibility index (Phi) is 5.77. The molecule has 0 saturated carbocycles. The highest BCUT2D eigenvalue weighted by atomic mass is 16.5. The number of hydrogen-bond donors (Lipinski definition) is 1. The van der Waals surface area contributed by atoms with Gasteiger partial charge in [0.2, 0.25) is 0 Å². The highest BCUT2D eigenvalue weighted by Crippen LogP contribution is 2.12. The summed E-state index contributed by atoms with van der Waals surface area (Å²) in [5, 5.41) is 3.45. The maximum Gasteiger partial charge on any atom is 0.135 e. The molecule has 0 amide bonds. The Morgan fingerprint density at radius 2 is 2.12 bits per heavy atom. The van der Waals surface area contributed by atoms with Crippen LogP contribution in [0, 0.1) is 0 Å². The lowest BCUT2D eigenvalue weighted by atomic mass is 10.1. The molecule has 0 aliphatic carbocycles. The zero-order valence-corrected chi connectivity index (χ0v) is 14.5. The van der Waals surface area contributed by atoms with E-state index in [1.807, 2.05) is 30.5 Å². The van der Waals surface area contributed by atoms with Gasteiger partial charge in [-0.3, -0.25) is 4.90 Å². The SMILES string of the molecule is CC(CNc1ccnc(Cc2ccccc2)n1)N1CCOCC1C. The summed E-state index contributed by atoms with van der Waals surface area (Å²) in [7, 11) is 0. The number of rotatable bonds is 6. The second-order valence-corrected chi connectivity index (χ2v) is 6.41. The van der Waals surface area contributed by atoms with Crippen molar-refractivity contribution in [2.45, 2.75) is 32.4 Å². The van der Waals surface area contributed by atoms with Crippen LogP contribution >= 0.6 is 0 Å². The predicted molar refractivity (Wildman–Crippen MR) is 96.2 cm³/mol. The molecular formula is C19H26N4O. The van der Waals surface area contributed by atoms with Crippen LogP contribution in [0.2, 0.25) is 0 Å². The molecule has 2 heterocycles. The van der Waals surface area contributed by atoms with Crippen molar-refractivity contribution in [3.05, 3.63) is 54.0 Å². The summed E-state index contributed by atoms with van der Waals surface area (Å²) in [6.45, 7) is 7.97. The Balaban J connectivity index is 1.56. The quantitative estimate of drug-likeness (QED) is 0.884. The maximum atomic E-state index is 5.51. The van der Waals surface area contributed by atoms with Crippen molar-refractivity contribution in [2.75, 3.05) is 31.6 Å². The van der Waals surface area contributed by atoms with E-state index in [-0.39, 0.29) is 0 Å². The third-order valence-corrected chi connectivity index (χ3v) is 4.47. The van der Waals surface area contributed by atoms with Crippen LogP contribution in [0.1, 0.15) is 25.2 Å². The van der Waals surface area contributed by atoms with Crippen LogP contribution in [-0.4, -0.2) is 53.3 Å². The second-order valence-electron chi connectivity index (χ2n) is 6.41. The summed E-state index contributed by atoms with van der Waals surface area (Å²) in [6, 6.07) is 13.2. The van der Waals surface area contributed by atoms with Crippen LogP contribution < -0.4 is 5.32 Å². The van der Waals surface area contributed by atoms with E-state index in [9.17, 15) is 0 Å². The molecule has 0 radical (unpaired) electrons. The molecule has 1 saturated heterocycles. The molecule has 2 aromatic rings. The van der Waals surface area contributed by atoms with Crippen LogP contribution in [0.4, 0.5) is 5.82 Å².